The number of hydrogen-bond donors (Lipinski definition) is 2. The number of hydrogen-bond acceptors (Lipinski definition) is 3. The first-order valence-electron chi connectivity index (χ1n) is 8.17. The molecule has 0 fully saturated rings. The number of amides is 1. The number of nitrogens with zero attached hydrogens (tertiary/aromatic N) is 1. The van der Waals surface area contributed by atoms with Gasteiger partial charge in [0.1, 0.15) is 10.7 Å². The van der Waals surface area contributed by atoms with Gasteiger partial charge in [-0.2, -0.15) is 0 Å². The molecule has 4 nitrogen and oxygen atoms in total. The molecule has 0 unspecified atom stereocenters. The first kappa shape index (κ1) is 15.6. The van der Waals surface area contributed by atoms with E-state index >= 15 is 0 Å². The van der Waals surface area contributed by atoms with Gasteiger partial charge in [-0.25, -0.2) is 4.98 Å². The molecule has 0 atom stereocenters. The maximum atomic E-state index is 12.5. The van der Waals surface area contributed by atoms with Crippen LogP contribution in [0.4, 0.5) is 5.69 Å². The Morgan fingerprint density at radius 3 is 2.80 bits per heavy atom. The summed E-state index contributed by atoms with van der Waals surface area (Å²) in [4.78, 5) is 20.4. The van der Waals surface area contributed by atoms with Crippen molar-refractivity contribution in [3.63, 3.8) is 0 Å². The van der Waals surface area contributed by atoms with E-state index in [4.69, 9.17) is 0 Å². The number of benzene rings is 2. The fourth-order valence-electron chi connectivity index (χ4n) is 2.83. The van der Waals surface area contributed by atoms with E-state index < -0.39 is 0 Å². The van der Waals surface area contributed by atoms with Crippen LogP contribution in [0.2, 0.25) is 0 Å². The highest BCUT2D eigenvalue weighted by Gasteiger charge is 2.14. The SMILES string of the molecule is CCc1ccccc1NC(=O)c1csc(-c2cc3ccccc3[nH]2)n1. The number of fused-ring (bicyclic) bond motifs is 1. The zero-order valence-corrected chi connectivity index (χ0v) is 14.6. The molecule has 1 amide bonds. The monoisotopic (exact) mass is 347 g/mol. The number of H-pyrrole nitrogens is 1. The lowest BCUT2D eigenvalue weighted by molar-refractivity contribution is 0.102. The van der Waals surface area contributed by atoms with Crippen molar-refractivity contribution in [2.24, 2.45) is 0 Å². The van der Waals surface area contributed by atoms with Gasteiger partial charge in [-0.05, 0) is 30.2 Å². The molecule has 0 spiro atoms. The van der Waals surface area contributed by atoms with Crippen molar-refractivity contribution in [2.75, 3.05) is 5.32 Å². The van der Waals surface area contributed by atoms with E-state index in [1.807, 2.05) is 42.5 Å². The van der Waals surface area contributed by atoms with E-state index in [0.717, 1.165) is 39.3 Å². The topological polar surface area (TPSA) is 57.8 Å². The van der Waals surface area contributed by atoms with E-state index in [1.165, 1.54) is 11.3 Å². The molecule has 5 heteroatoms. The number of aromatic nitrogens is 2. The molecule has 124 valence electrons. The summed E-state index contributed by atoms with van der Waals surface area (Å²) in [6.07, 6.45) is 0.869. The van der Waals surface area contributed by atoms with Crippen LogP contribution in [0.5, 0.6) is 0 Å². The van der Waals surface area contributed by atoms with Crippen molar-refractivity contribution in [1.29, 1.82) is 0 Å². The third-order valence-electron chi connectivity index (χ3n) is 4.14. The molecule has 4 rings (SSSR count). The second kappa shape index (κ2) is 6.53. The van der Waals surface area contributed by atoms with Gasteiger partial charge in [-0.1, -0.05) is 43.3 Å². The van der Waals surface area contributed by atoms with E-state index in [2.05, 4.69) is 34.3 Å². The normalized spacial score (nSPS) is 10.9. The number of anilines is 1. The summed E-state index contributed by atoms with van der Waals surface area (Å²) in [5, 5.41) is 6.71. The number of carbonyl (C=O) groups excluding carboxylic acids is 1. The van der Waals surface area contributed by atoms with Gasteiger partial charge in [0, 0.05) is 22.0 Å². The summed E-state index contributed by atoms with van der Waals surface area (Å²) in [6, 6.07) is 18.0. The molecule has 2 aromatic carbocycles. The predicted molar refractivity (Wildman–Crippen MR) is 103 cm³/mol. The van der Waals surface area contributed by atoms with Gasteiger partial charge in [0.05, 0.1) is 5.69 Å². The highest BCUT2D eigenvalue weighted by atomic mass is 32.1. The van der Waals surface area contributed by atoms with Crippen LogP contribution in [-0.4, -0.2) is 15.9 Å². The Morgan fingerprint density at radius 1 is 1.16 bits per heavy atom. The van der Waals surface area contributed by atoms with Gasteiger partial charge in [0.15, 0.2) is 0 Å². The summed E-state index contributed by atoms with van der Waals surface area (Å²) in [6.45, 7) is 2.07. The minimum absolute atomic E-state index is 0.181. The van der Waals surface area contributed by atoms with Gasteiger partial charge >= 0.3 is 0 Å². The maximum absolute atomic E-state index is 12.5. The van der Waals surface area contributed by atoms with Crippen LogP contribution in [0.25, 0.3) is 21.6 Å². The summed E-state index contributed by atoms with van der Waals surface area (Å²) >= 11 is 1.46. The smallest absolute Gasteiger partial charge is 0.275 e. The molecule has 0 saturated heterocycles. The Kier molecular flexibility index (Phi) is 4.07. The summed E-state index contributed by atoms with van der Waals surface area (Å²) in [5.41, 5.74) is 4.39. The number of para-hydroxylation sites is 2. The molecule has 0 saturated carbocycles. The van der Waals surface area contributed by atoms with Gasteiger partial charge in [0.25, 0.3) is 5.91 Å². The minimum Gasteiger partial charge on any atom is -0.353 e. The third kappa shape index (κ3) is 3.06. The Hall–Kier alpha value is -2.92. The van der Waals surface area contributed by atoms with Crippen LogP contribution in [0.15, 0.2) is 60.0 Å². The molecule has 0 aliphatic rings. The Balaban J connectivity index is 1.59. The van der Waals surface area contributed by atoms with Crippen molar-refractivity contribution >= 4 is 33.8 Å². The van der Waals surface area contributed by atoms with Gasteiger partial charge < -0.3 is 10.3 Å². The average Bonchev–Trinajstić information content (AvgIpc) is 3.29. The molecule has 0 aliphatic heterocycles. The fourth-order valence-corrected chi connectivity index (χ4v) is 3.60. The lowest BCUT2D eigenvalue weighted by Gasteiger charge is -2.08. The molecule has 0 aliphatic carbocycles. The molecule has 0 bridgehead atoms. The highest BCUT2D eigenvalue weighted by molar-refractivity contribution is 7.13. The predicted octanol–water partition coefficient (Wildman–Crippen LogP) is 5.11. The third-order valence-corrected chi connectivity index (χ3v) is 5.02. The molecule has 2 N–H and O–H groups in total. The lowest BCUT2D eigenvalue weighted by Crippen LogP contribution is -2.13. The van der Waals surface area contributed by atoms with Gasteiger partial charge in [0.2, 0.25) is 0 Å². The Morgan fingerprint density at radius 2 is 1.96 bits per heavy atom. The van der Waals surface area contributed by atoms with Crippen LogP contribution < -0.4 is 5.32 Å². The molecular formula is C20H17N3OS. The van der Waals surface area contributed by atoms with Crippen LogP contribution in [0, 0.1) is 0 Å². The molecule has 2 aromatic heterocycles. The van der Waals surface area contributed by atoms with Crippen molar-refractivity contribution in [1.82, 2.24) is 9.97 Å². The lowest BCUT2D eigenvalue weighted by atomic mass is 10.1. The molecular weight excluding hydrogens is 330 g/mol. The number of aromatic amines is 1. The largest absolute Gasteiger partial charge is 0.353 e. The summed E-state index contributed by atoms with van der Waals surface area (Å²) < 4.78 is 0. The van der Waals surface area contributed by atoms with Gasteiger partial charge in [-0.15, -0.1) is 11.3 Å². The summed E-state index contributed by atoms with van der Waals surface area (Å²) in [7, 11) is 0. The highest BCUT2D eigenvalue weighted by Crippen LogP contribution is 2.27. The summed E-state index contributed by atoms with van der Waals surface area (Å²) in [5.74, 6) is -0.181. The Labute approximate surface area is 149 Å². The second-order valence-corrected chi connectivity index (χ2v) is 6.63. The number of carbonyl (C=O) groups is 1. The van der Waals surface area contributed by atoms with E-state index in [9.17, 15) is 4.79 Å². The van der Waals surface area contributed by atoms with Crippen molar-refractivity contribution < 1.29 is 4.79 Å². The Bertz CT molecular complexity index is 1010. The van der Waals surface area contributed by atoms with E-state index in [-0.39, 0.29) is 5.91 Å². The van der Waals surface area contributed by atoms with E-state index in [0.29, 0.717) is 5.69 Å². The minimum atomic E-state index is -0.181. The number of nitrogens with one attached hydrogen (secondary N) is 2. The average molecular weight is 347 g/mol. The zero-order valence-electron chi connectivity index (χ0n) is 13.7. The standard InChI is InChI=1S/C20H17N3OS/c1-2-13-7-3-5-9-15(13)22-19(24)18-12-25-20(23-18)17-11-14-8-4-6-10-16(14)21-17/h3-12,21H,2H2,1H3,(H,22,24). The van der Waals surface area contributed by atoms with Gasteiger partial charge in [-0.3, -0.25) is 4.79 Å². The first-order chi connectivity index (χ1) is 12.2. The second-order valence-electron chi connectivity index (χ2n) is 5.77. The fraction of sp³-hybridized carbons (Fsp3) is 0.100. The molecule has 4 aromatic rings. The van der Waals surface area contributed by atoms with Crippen molar-refractivity contribution in [3.8, 4) is 10.7 Å². The van der Waals surface area contributed by atoms with E-state index in [1.54, 1.807) is 5.38 Å². The molecule has 2 heterocycles. The van der Waals surface area contributed by atoms with Crippen LogP contribution in [-0.2, 0) is 6.42 Å². The number of aryl methyl sites for hydroxylation is 1. The zero-order chi connectivity index (χ0) is 17.2. The van der Waals surface area contributed by atoms with Crippen LogP contribution in [0.3, 0.4) is 0 Å². The van der Waals surface area contributed by atoms with Crippen LogP contribution in [0.1, 0.15) is 23.0 Å². The first-order valence-corrected chi connectivity index (χ1v) is 9.05. The number of thiazole rings is 1. The quantitative estimate of drug-likeness (QED) is 0.539. The molecule has 0 radical (unpaired) electrons. The van der Waals surface area contributed by atoms with Crippen LogP contribution >= 0.6 is 11.3 Å². The molecule has 25 heavy (non-hydrogen) atoms. The maximum Gasteiger partial charge on any atom is 0.275 e. The van der Waals surface area contributed by atoms with Crippen molar-refractivity contribution in [3.05, 3.63) is 71.2 Å². The van der Waals surface area contributed by atoms with Crippen molar-refractivity contribution in [2.45, 2.75) is 13.3 Å². The number of rotatable bonds is 4.